The number of rotatable bonds is 7. The summed E-state index contributed by atoms with van der Waals surface area (Å²) in [5, 5.41) is 16.8. The van der Waals surface area contributed by atoms with Crippen LogP contribution in [0.15, 0.2) is 24.8 Å². The topological polar surface area (TPSA) is 85.0 Å². The highest BCUT2D eigenvalue weighted by Crippen LogP contribution is 2.34. The maximum absolute atomic E-state index is 12.9. The molecule has 0 radical (unpaired) electrons. The molecule has 1 saturated carbocycles. The zero-order chi connectivity index (χ0) is 21.2. The molecular formula is C19H26F3N5O2. The molecule has 7 nitrogen and oxygen atoms in total. The average Bonchev–Trinajstić information content (AvgIpc) is 3.32. The fraction of sp³-hybridized carbons (Fsp3) is 0.632. The average molecular weight is 413 g/mol. The lowest BCUT2D eigenvalue weighted by Crippen LogP contribution is -2.28. The van der Waals surface area contributed by atoms with Crippen molar-refractivity contribution in [3.05, 3.63) is 30.5 Å². The van der Waals surface area contributed by atoms with E-state index in [2.05, 4.69) is 15.4 Å². The zero-order valence-electron chi connectivity index (χ0n) is 16.5. The Bertz CT molecular complexity index is 832. The Morgan fingerprint density at radius 1 is 1.34 bits per heavy atom. The number of hydrogen-bond donors (Lipinski definition) is 2. The molecule has 1 atom stereocenters. The molecule has 1 unspecified atom stereocenters. The number of halogens is 3. The third-order valence-corrected chi connectivity index (χ3v) is 5.03. The number of hydrogen-bond acceptors (Lipinski definition) is 4. The van der Waals surface area contributed by atoms with Crippen LogP contribution in [0.5, 0.6) is 0 Å². The minimum Gasteiger partial charge on any atom is -0.389 e. The van der Waals surface area contributed by atoms with E-state index in [4.69, 9.17) is 0 Å². The minimum atomic E-state index is -4.56. The van der Waals surface area contributed by atoms with Gasteiger partial charge in [0.1, 0.15) is 6.04 Å². The summed E-state index contributed by atoms with van der Waals surface area (Å²) in [6, 6.07) is 0.784. The Kier molecular flexibility index (Phi) is 6.02. The molecule has 2 N–H and O–H groups in total. The van der Waals surface area contributed by atoms with E-state index in [-0.39, 0.29) is 18.3 Å². The normalized spacial score (nSPS) is 16.9. The van der Waals surface area contributed by atoms with Gasteiger partial charge in [-0.1, -0.05) is 25.7 Å². The second-order valence-electron chi connectivity index (χ2n) is 8.31. The molecule has 0 bridgehead atoms. The van der Waals surface area contributed by atoms with E-state index in [9.17, 15) is 23.1 Å². The third kappa shape index (κ3) is 5.81. The van der Waals surface area contributed by atoms with E-state index in [0.29, 0.717) is 6.42 Å². The summed E-state index contributed by atoms with van der Waals surface area (Å²) >= 11 is 0. The lowest BCUT2D eigenvalue weighted by Gasteiger charge is -2.21. The van der Waals surface area contributed by atoms with Gasteiger partial charge in [0.15, 0.2) is 11.5 Å². The molecule has 2 aromatic rings. The molecular weight excluding hydrogens is 387 g/mol. The van der Waals surface area contributed by atoms with Gasteiger partial charge in [-0.15, -0.1) is 0 Å². The Balaban J connectivity index is 1.76. The first-order chi connectivity index (χ1) is 13.5. The number of nitrogens with one attached hydrogen (secondary N) is 1. The lowest BCUT2D eigenvalue weighted by atomic mass is 9.97. The van der Waals surface area contributed by atoms with Gasteiger partial charge in [0, 0.05) is 18.5 Å². The summed E-state index contributed by atoms with van der Waals surface area (Å²) in [7, 11) is 0. The highest BCUT2D eigenvalue weighted by molar-refractivity contribution is 5.92. The van der Waals surface area contributed by atoms with Crippen molar-refractivity contribution in [2.45, 2.75) is 70.3 Å². The number of alkyl halides is 3. The first-order valence-corrected chi connectivity index (χ1v) is 9.69. The quantitative estimate of drug-likeness (QED) is 0.726. The van der Waals surface area contributed by atoms with Gasteiger partial charge in [-0.3, -0.25) is 9.48 Å². The number of imidazole rings is 1. The Morgan fingerprint density at radius 3 is 2.62 bits per heavy atom. The predicted molar refractivity (Wildman–Crippen MR) is 100.0 cm³/mol. The van der Waals surface area contributed by atoms with Gasteiger partial charge in [0.2, 0.25) is 5.91 Å². The first-order valence-electron chi connectivity index (χ1n) is 9.69. The minimum absolute atomic E-state index is 0.241. The molecule has 0 aromatic carbocycles. The maximum Gasteiger partial charge on any atom is 0.434 e. The fourth-order valence-corrected chi connectivity index (χ4v) is 3.70. The summed E-state index contributed by atoms with van der Waals surface area (Å²) in [6.07, 6.45) is 3.52. The standard InChI is InChI=1S/C19H26F3N5O2/c1-18(2,29)11-27-8-7-16(25-27)24-17(28)14(9-13-5-3-4-6-13)26-10-15(23-12-26)19(20,21)22/h7-8,10,12-14,29H,3-6,9,11H2,1-2H3,(H,24,25,28). The van der Waals surface area contributed by atoms with Crippen molar-refractivity contribution in [3.8, 4) is 0 Å². The number of nitrogens with zero attached hydrogens (tertiary/aromatic N) is 4. The van der Waals surface area contributed by atoms with E-state index in [1.54, 1.807) is 26.1 Å². The van der Waals surface area contributed by atoms with Crippen LogP contribution in [0.25, 0.3) is 0 Å². The van der Waals surface area contributed by atoms with E-state index >= 15 is 0 Å². The molecule has 1 amide bonds. The van der Waals surface area contributed by atoms with Crippen LogP contribution in [0.4, 0.5) is 19.0 Å². The van der Waals surface area contributed by atoms with Crippen LogP contribution < -0.4 is 5.32 Å². The molecule has 0 aliphatic heterocycles. The molecule has 0 saturated heterocycles. The van der Waals surface area contributed by atoms with Gasteiger partial charge in [0.05, 0.1) is 18.5 Å². The van der Waals surface area contributed by atoms with Crippen molar-refractivity contribution in [3.63, 3.8) is 0 Å². The van der Waals surface area contributed by atoms with Crippen LogP contribution in [-0.4, -0.2) is 35.9 Å². The van der Waals surface area contributed by atoms with Gasteiger partial charge < -0.3 is 15.0 Å². The molecule has 1 aliphatic carbocycles. The first kappa shape index (κ1) is 21.4. The SMILES string of the molecule is CC(C)(O)Cn1ccc(NC(=O)C(CC2CCCC2)n2cnc(C(F)(F)F)c2)n1. The van der Waals surface area contributed by atoms with Crippen molar-refractivity contribution < 1.29 is 23.1 Å². The van der Waals surface area contributed by atoms with Crippen molar-refractivity contribution in [2.24, 2.45) is 5.92 Å². The van der Waals surface area contributed by atoms with E-state index in [1.165, 1.54) is 9.25 Å². The fourth-order valence-electron chi connectivity index (χ4n) is 3.70. The van der Waals surface area contributed by atoms with E-state index in [1.807, 2.05) is 0 Å². The summed E-state index contributed by atoms with van der Waals surface area (Å²) in [5.41, 5.74) is -1.99. The number of anilines is 1. The Labute approximate surface area is 166 Å². The van der Waals surface area contributed by atoms with Crippen LogP contribution in [0.1, 0.15) is 57.7 Å². The van der Waals surface area contributed by atoms with Crippen molar-refractivity contribution in [1.82, 2.24) is 19.3 Å². The largest absolute Gasteiger partial charge is 0.434 e. The number of aliphatic hydroxyl groups is 1. The highest BCUT2D eigenvalue weighted by atomic mass is 19.4. The molecule has 10 heteroatoms. The van der Waals surface area contributed by atoms with Crippen LogP contribution in [0.3, 0.4) is 0 Å². The van der Waals surface area contributed by atoms with E-state index < -0.39 is 29.4 Å². The molecule has 1 fully saturated rings. The molecule has 1 aliphatic rings. The molecule has 2 heterocycles. The van der Waals surface area contributed by atoms with Crippen LogP contribution in [0.2, 0.25) is 0 Å². The monoisotopic (exact) mass is 413 g/mol. The van der Waals surface area contributed by atoms with Crippen molar-refractivity contribution in [1.29, 1.82) is 0 Å². The van der Waals surface area contributed by atoms with Gasteiger partial charge in [0.25, 0.3) is 0 Å². The second kappa shape index (κ2) is 8.17. The Hall–Kier alpha value is -2.36. The third-order valence-electron chi connectivity index (χ3n) is 5.03. The van der Waals surface area contributed by atoms with Gasteiger partial charge in [-0.2, -0.15) is 18.3 Å². The van der Waals surface area contributed by atoms with Crippen molar-refractivity contribution >= 4 is 11.7 Å². The Morgan fingerprint density at radius 2 is 2.03 bits per heavy atom. The summed E-state index contributed by atoms with van der Waals surface area (Å²) in [6.45, 7) is 3.52. The van der Waals surface area contributed by atoms with Crippen LogP contribution >= 0.6 is 0 Å². The van der Waals surface area contributed by atoms with Crippen LogP contribution in [0, 0.1) is 5.92 Å². The van der Waals surface area contributed by atoms with Gasteiger partial charge >= 0.3 is 6.18 Å². The van der Waals surface area contributed by atoms with Gasteiger partial charge in [-0.25, -0.2) is 4.98 Å². The summed E-state index contributed by atoms with van der Waals surface area (Å²) in [5.74, 6) is 0.138. The molecule has 29 heavy (non-hydrogen) atoms. The number of carbonyl (C=O) groups excluding carboxylic acids is 1. The number of amides is 1. The molecule has 0 spiro atoms. The molecule has 3 rings (SSSR count). The predicted octanol–water partition coefficient (Wildman–Crippen LogP) is 3.63. The molecule has 2 aromatic heterocycles. The molecule has 160 valence electrons. The van der Waals surface area contributed by atoms with Crippen molar-refractivity contribution in [2.75, 3.05) is 5.32 Å². The number of aromatic nitrogens is 4. The smallest absolute Gasteiger partial charge is 0.389 e. The maximum atomic E-state index is 12.9. The lowest BCUT2D eigenvalue weighted by molar-refractivity contribution is -0.141. The second-order valence-corrected chi connectivity index (χ2v) is 8.31. The zero-order valence-corrected chi connectivity index (χ0v) is 16.5. The number of carbonyl (C=O) groups is 1. The van der Waals surface area contributed by atoms with Crippen LogP contribution in [-0.2, 0) is 17.5 Å². The van der Waals surface area contributed by atoms with Gasteiger partial charge in [-0.05, 0) is 26.2 Å². The highest BCUT2D eigenvalue weighted by Gasteiger charge is 2.35. The summed E-state index contributed by atoms with van der Waals surface area (Å²) < 4.78 is 41.6. The van der Waals surface area contributed by atoms with E-state index in [0.717, 1.165) is 38.2 Å². The summed E-state index contributed by atoms with van der Waals surface area (Å²) in [4.78, 5) is 16.3.